The molecule has 26 heavy (non-hydrogen) atoms. The van der Waals surface area contributed by atoms with Crippen molar-refractivity contribution in [2.75, 3.05) is 0 Å². The molecule has 3 aromatic rings. The van der Waals surface area contributed by atoms with Crippen molar-refractivity contribution < 1.29 is 9.72 Å². The quantitative estimate of drug-likeness (QED) is 0.422. The normalized spacial score (nSPS) is 10.8. The van der Waals surface area contributed by atoms with Crippen LogP contribution in [0.15, 0.2) is 72.1 Å². The average Bonchev–Trinajstić information content (AvgIpc) is 3.17. The molecule has 0 atom stereocenters. The van der Waals surface area contributed by atoms with Gasteiger partial charge in [-0.3, -0.25) is 14.9 Å². The van der Waals surface area contributed by atoms with Gasteiger partial charge in [-0.25, -0.2) is 5.43 Å². The number of para-hydroxylation sites is 1. The van der Waals surface area contributed by atoms with Gasteiger partial charge < -0.3 is 4.57 Å². The summed E-state index contributed by atoms with van der Waals surface area (Å²) in [5.74, 6) is -0.410. The highest BCUT2D eigenvalue weighted by molar-refractivity contribution is 6.33. The van der Waals surface area contributed by atoms with Gasteiger partial charge in [0, 0.05) is 35.1 Å². The molecule has 0 saturated carbocycles. The molecule has 0 aliphatic heterocycles. The van der Waals surface area contributed by atoms with Gasteiger partial charge in [0.05, 0.1) is 22.4 Å². The van der Waals surface area contributed by atoms with Crippen molar-refractivity contribution in [1.29, 1.82) is 0 Å². The molecule has 0 radical (unpaired) electrons. The summed E-state index contributed by atoms with van der Waals surface area (Å²) >= 11 is 6.00. The number of nitrogens with zero attached hydrogens (tertiary/aromatic N) is 3. The molecule has 3 rings (SSSR count). The molecule has 0 aliphatic carbocycles. The van der Waals surface area contributed by atoms with Crippen molar-refractivity contribution in [3.05, 3.63) is 93.3 Å². The minimum Gasteiger partial charge on any atom is -0.323 e. The van der Waals surface area contributed by atoms with Crippen LogP contribution in [-0.2, 0) is 0 Å². The fourth-order valence-electron chi connectivity index (χ4n) is 2.35. The third-order valence-electron chi connectivity index (χ3n) is 3.59. The van der Waals surface area contributed by atoms with E-state index in [4.69, 9.17) is 11.6 Å². The van der Waals surface area contributed by atoms with Crippen LogP contribution in [0.3, 0.4) is 0 Å². The maximum atomic E-state index is 12.4. The second kappa shape index (κ2) is 7.62. The highest BCUT2D eigenvalue weighted by Gasteiger charge is 2.12. The van der Waals surface area contributed by atoms with Gasteiger partial charge in [-0.05, 0) is 30.3 Å². The van der Waals surface area contributed by atoms with E-state index in [0.717, 1.165) is 0 Å². The summed E-state index contributed by atoms with van der Waals surface area (Å²) in [6.07, 6.45) is 4.93. The van der Waals surface area contributed by atoms with Crippen LogP contribution < -0.4 is 5.43 Å². The van der Waals surface area contributed by atoms with E-state index in [1.54, 1.807) is 12.1 Å². The molecule has 0 saturated heterocycles. The number of aromatic nitrogens is 1. The van der Waals surface area contributed by atoms with E-state index in [2.05, 4.69) is 10.5 Å². The van der Waals surface area contributed by atoms with Crippen molar-refractivity contribution in [1.82, 2.24) is 9.99 Å². The van der Waals surface area contributed by atoms with Gasteiger partial charge in [-0.1, -0.05) is 23.7 Å². The molecular weight excluding hydrogens is 356 g/mol. The molecule has 8 heteroatoms. The van der Waals surface area contributed by atoms with Gasteiger partial charge >= 0.3 is 0 Å². The van der Waals surface area contributed by atoms with Crippen LogP contribution in [0, 0.1) is 10.1 Å². The number of rotatable bonds is 5. The third kappa shape index (κ3) is 3.79. The first kappa shape index (κ1) is 17.4. The molecule has 0 bridgehead atoms. The van der Waals surface area contributed by atoms with Crippen LogP contribution in [0.5, 0.6) is 0 Å². The number of non-ortho nitro benzene ring substituents is 1. The predicted octanol–water partition coefficient (Wildman–Crippen LogP) is 3.80. The lowest BCUT2D eigenvalue weighted by atomic mass is 10.1. The van der Waals surface area contributed by atoms with E-state index >= 15 is 0 Å². The number of halogens is 1. The minimum absolute atomic E-state index is 0.111. The summed E-state index contributed by atoms with van der Waals surface area (Å²) < 4.78 is 1.82. The fraction of sp³-hybridized carbons (Fsp3) is 0. The lowest BCUT2D eigenvalue weighted by molar-refractivity contribution is -0.384. The standard InChI is InChI=1S/C18H13ClN4O3/c19-16-8-7-14(23(25)26)11-13(16)12-20-21-18(24)15-5-1-2-6-17(15)22-9-3-4-10-22/h1-12H,(H,21,24)/b20-12-. The molecule has 1 amide bonds. The van der Waals surface area contributed by atoms with Crippen molar-refractivity contribution in [2.45, 2.75) is 0 Å². The first-order valence-electron chi connectivity index (χ1n) is 7.56. The number of nitro groups is 1. The fourth-order valence-corrected chi connectivity index (χ4v) is 2.52. The highest BCUT2D eigenvalue weighted by atomic mass is 35.5. The molecule has 7 nitrogen and oxygen atoms in total. The first-order valence-corrected chi connectivity index (χ1v) is 7.94. The number of carbonyl (C=O) groups excluding carboxylic acids is 1. The summed E-state index contributed by atoms with van der Waals surface area (Å²) in [7, 11) is 0. The molecule has 1 N–H and O–H groups in total. The SMILES string of the molecule is O=C(N/N=C\c1cc([N+](=O)[O-])ccc1Cl)c1ccccc1-n1cccc1. The van der Waals surface area contributed by atoms with Crippen LogP contribution in [0.1, 0.15) is 15.9 Å². The average molecular weight is 369 g/mol. The molecule has 0 spiro atoms. The Hall–Kier alpha value is -3.45. The lowest BCUT2D eigenvalue weighted by Crippen LogP contribution is -2.19. The topological polar surface area (TPSA) is 89.5 Å². The Kier molecular flexibility index (Phi) is 5.09. The van der Waals surface area contributed by atoms with Gasteiger partial charge in [0.25, 0.3) is 11.6 Å². The lowest BCUT2D eigenvalue weighted by Gasteiger charge is -2.09. The number of carbonyl (C=O) groups is 1. The number of hydrogen-bond acceptors (Lipinski definition) is 4. The van der Waals surface area contributed by atoms with Gasteiger partial charge in [0.15, 0.2) is 0 Å². The largest absolute Gasteiger partial charge is 0.323 e. The first-order chi connectivity index (χ1) is 12.6. The van der Waals surface area contributed by atoms with Crippen LogP contribution in [0.25, 0.3) is 5.69 Å². The Morgan fingerprint density at radius 1 is 1.15 bits per heavy atom. The zero-order valence-electron chi connectivity index (χ0n) is 13.4. The third-order valence-corrected chi connectivity index (χ3v) is 3.94. The van der Waals surface area contributed by atoms with E-state index in [1.165, 1.54) is 24.4 Å². The van der Waals surface area contributed by atoms with E-state index in [9.17, 15) is 14.9 Å². The van der Waals surface area contributed by atoms with Gasteiger partial charge in [-0.2, -0.15) is 5.10 Å². The Morgan fingerprint density at radius 3 is 2.62 bits per heavy atom. The smallest absolute Gasteiger partial charge is 0.273 e. The van der Waals surface area contributed by atoms with E-state index in [0.29, 0.717) is 21.8 Å². The zero-order valence-corrected chi connectivity index (χ0v) is 14.1. The summed E-state index contributed by atoms with van der Waals surface area (Å²) in [5, 5.41) is 15.0. The second-order valence-corrected chi connectivity index (χ2v) is 5.68. The highest BCUT2D eigenvalue weighted by Crippen LogP contribution is 2.20. The van der Waals surface area contributed by atoms with Gasteiger partial charge in [-0.15, -0.1) is 0 Å². The Balaban J connectivity index is 1.79. The summed E-state index contributed by atoms with van der Waals surface area (Å²) in [4.78, 5) is 22.7. The Labute approximate surface area is 153 Å². The second-order valence-electron chi connectivity index (χ2n) is 5.27. The maximum absolute atomic E-state index is 12.4. The van der Waals surface area contributed by atoms with E-state index < -0.39 is 10.8 Å². The Bertz CT molecular complexity index is 984. The summed E-state index contributed by atoms with van der Waals surface area (Å²) in [5.41, 5.74) is 3.78. The number of hydrazone groups is 1. The number of nitrogens with one attached hydrogen (secondary N) is 1. The van der Waals surface area contributed by atoms with Crippen LogP contribution in [0.2, 0.25) is 5.02 Å². The number of amides is 1. The summed E-state index contributed by atoms with van der Waals surface area (Å²) in [6, 6.07) is 14.8. The van der Waals surface area contributed by atoms with Crippen molar-refractivity contribution >= 4 is 29.4 Å². The molecule has 1 heterocycles. The van der Waals surface area contributed by atoms with Gasteiger partial charge in [0.2, 0.25) is 0 Å². The Morgan fingerprint density at radius 2 is 1.88 bits per heavy atom. The van der Waals surface area contributed by atoms with Crippen molar-refractivity contribution in [3.63, 3.8) is 0 Å². The summed E-state index contributed by atoms with van der Waals surface area (Å²) in [6.45, 7) is 0. The molecule has 130 valence electrons. The van der Waals surface area contributed by atoms with E-state index in [-0.39, 0.29) is 5.69 Å². The molecule has 0 fully saturated rings. The zero-order chi connectivity index (χ0) is 18.5. The molecule has 2 aromatic carbocycles. The van der Waals surface area contributed by atoms with Crippen LogP contribution >= 0.6 is 11.6 Å². The maximum Gasteiger partial charge on any atom is 0.273 e. The van der Waals surface area contributed by atoms with Crippen LogP contribution in [-0.4, -0.2) is 21.6 Å². The predicted molar refractivity (Wildman–Crippen MR) is 98.9 cm³/mol. The number of hydrogen-bond donors (Lipinski definition) is 1. The molecule has 0 unspecified atom stereocenters. The molecular formula is C18H13ClN4O3. The van der Waals surface area contributed by atoms with E-state index in [1.807, 2.05) is 41.2 Å². The minimum atomic E-state index is -0.528. The monoisotopic (exact) mass is 368 g/mol. The van der Waals surface area contributed by atoms with Gasteiger partial charge in [0.1, 0.15) is 0 Å². The van der Waals surface area contributed by atoms with Crippen molar-refractivity contribution in [2.24, 2.45) is 5.10 Å². The number of benzene rings is 2. The molecule has 0 aliphatic rings. The van der Waals surface area contributed by atoms with Crippen LogP contribution in [0.4, 0.5) is 5.69 Å². The van der Waals surface area contributed by atoms with Crippen molar-refractivity contribution in [3.8, 4) is 5.69 Å². The molecule has 1 aromatic heterocycles. The number of nitro benzene ring substituents is 1.